The van der Waals surface area contributed by atoms with Gasteiger partial charge in [0.15, 0.2) is 0 Å². The quantitative estimate of drug-likeness (QED) is 0.382. The lowest BCUT2D eigenvalue weighted by atomic mass is 10.1. The highest BCUT2D eigenvalue weighted by atomic mass is 16.5. The van der Waals surface area contributed by atoms with Gasteiger partial charge in [-0.1, -0.05) is 36.4 Å². The molecule has 2 aromatic carbocycles. The Morgan fingerprint density at radius 3 is 2.54 bits per heavy atom. The maximum absolute atomic E-state index is 13.3. The van der Waals surface area contributed by atoms with Crippen LogP contribution in [0.2, 0.25) is 0 Å². The van der Waals surface area contributed by atoms with Crippen molar-refractivity contribution in [2.24, 2.45) is 0 Å². The summed E-state index contributed by atoms with van der Waals surface area (Å²) in [7, 11) is 1.56. The summed E-state index contributed by atoms with van der Waals surface area (Å²) in [5.74, 6) is -0.0389. The van der Waals surface area contributed by atoms with Gasteiger partial charge in [0.25, 0.3) is 0 Å². The molecule has 0 spiro atoms. The Hall–Kier alpha value is -3.60. The fourth-order valence-electron chi connectivity index (χ4n) is 3.40. The van der Waals surface area contributed by atoms with Gasteiger partial charge in [0, 0.05) is 5.56 Å². The van der Waals surface area contributed by atoms with Crippen molar-refractivity contribution in [1.29, 1.82) is 0 Å². The van der Waals surface area contributed by atoms with E-state index in [1.807, 2.05) is 40.8 Å². The van der Waals surface area contributed by atoms with Gasteiger partial charge >= 0.3 is 5.97 Å². The number of methoxy groups -OCH3 is 1. The smallest absolute Gasteiger partial charge is 0.340 e. The number of carbonyl (C=O) groups excluding carboxylic acids is 2. The van der Waals surface area contributed by atoms with Gasteiger partial charge in [-0.05, 0) is 42.6 Å². The lowest BCUT2D eigenvalue weighted by Gasteiger charge is -2.08. The molecule has 2 heterocycles. The van der Waals surface area contributed by atoms with E-state index in [0.29, 0.717) is 28.1 Å². The van der Waals surface area contributed by atoms with Crippen molar-refractivity contribution in [2.75, 3.05) is 13.7 Å². The van der Waals surface area contributed by atoms with Crippen molar-refractivity contribution in [3.63, 3.8) is 0 Å². The van der Waals surface area contributed by atoms with E-state index in [9.17, 15) is 9.59 Å². The first kappa shape index (κ1) is 17.8. The van der Waals surface area contributed by atoms with Crippen molar-refractivity contribution >= 4 is 28.2 Å². The van der Waals surface area contributed by atoms with Crippen LogP contribution in [0.4, 0.5) is 0 Å². The molecular weight excluding hydrogens is 354 g/mol. The highest BCUT2D eigenvalue weighted by Gasteiger charge is 2.22. The van der Waals surface area contributed by atoms with E-state index < -0.39 is 5.97 Å². The van der Waals surface area contributed by atoms with Crippen LogP contribution in [0.15, 0.2) is 66.7 Å². The summed E-state index contributed by atoms with van der Waals surface area (Å²) in [5, 5.41) is 0.973. The average Bonchev–Trinajstić information content (AvgIpc) is 3.13. The van der Waals surface area contributed by atoms with Crippen molar-refractivity contribution in [3.8, 4) is 5.75 Å². The number of esters is 1. The van der Waals surface area contributed by atoms with Gasteiger partial charge in [-0.2, -0.15) is 0 Å². The maximum atomic E-state index is 13.3. The van der Waals surface area contributed by atoms with Crippen LogP contribution in [0.1, 0.15) is 33.3 Å². The number of fused-ring (bicyclic) bond motifs is 3. The second-order valence-electron chi connectivity index (χ2n) is 6.34. The van der Waals surface area contributed by atoms with Gasteiger partial charge in [0.05, 0.1) is 36.0 Å². The molecule has 0 saturated heterocycles. The molecule has 5 heteroatoms. The molecule has 140 valence electrons. The Kier molecular flexibility index (Phi) is 4.57. The molecular formula is C23H19NO4. The number of ether oxygens (including phenoxy) is 2. The third kappa shape index (κ3) is 2.91. The number of rotatable bonds is 5. The number of benzene rings is 2. The summed E-state index contributed by atoms with van der Waals surface area (Å²) in [6.45, 7) is 2.02. The highest BCUT2D eigenvalue weighted by molar-refractivity contribution is 6.12. The van der Waals surface area contributed by atoms with Gasteiger partial charge in [-0.3, -0.25) is 4.79 Å². The predicted octanol–water partition coefficient (Wildman–Crippen LogP) is 4.51. The van der Waals surface area contributed by atoms with E-state index in [1.165, 1.54) is 0 Å². The zero-order chi connectivity index (χ0) is 19.7. The largest absolute Gasteiger partial charge is 0.497 e. The molecule has 0 aliphatic rings. The minimum absolute atomic E-state index is 0.194. The van der Waals surface area contributed by atoms with Crippen LogP contribution in [0, 0.1) is 0 Å². The van der Waals surface area contributed by atoms with Crippen LogP contribution in [0.25, 0.3) is 16.4 Å². The van der Waals surface area contributed by atoms with Crippen molar-refractivity contribution in [2.45, 2.75) is 6.92 Å². The Bertz CT molecular complexity index is 1210. The van der Waals surface area contributed by atoms with E-state index in [2.05, 4.69) is 0 Å². The summed E-state index contributed by atoms with van der Waals surface area (Å²) in [6.07, 6.45) is 0. The first-order chi connectivity index (χ1) is 13.6. The Balaban J connectivity index is 1.99. The van der Waals surface area contributed by atoms with Crippen LogP contribution in [0.3, 0.4) is 0 Å². The average molecular weight is 373 g/mol. The SMILES string of the molecule is CCOC(=O)c1cc(C(=O)c2cccc(OC)c2)n2c1ccc1ccccc12. The zero-order valence-electron chi connectivity index (χ0n) is 15.6. The van der Waals surface area contributed by atoms with Crippen molar-refractivity contribution < 1.29 is 19.1 Å². The number of para-hydroxylation sites is 1. The molecule has 0 unspecified atom stereocenters. The van der Waals surface area contributed by atoms with E-state index in [4.69, 9.17) is 9.47 Å². The van der Waals surface area contributed by atoms with Gasteiger partial charge in [-0.25, -0.2) is 4.79 Å². The summed E-state index contributed by atoms with van der Waals surface area (Å²) in [6, 6.07) is 20.1. The number of nitrogens with zero attached hydrogens (tertiary/aromatic N) is 1. The van der Waals surface area contributed by atoms with Gasteiger partial charge in [0.2, 0.25) is 5.78 Å². The number of ketones is 1. The molecule has 2 aromatic heterocycles. The van der Waals surface area contributed by atoms with Gasteiger partial charge in [-0.15, -0.1) is 0 Å². The van der Waals surface area contributed by atoms with Crippen LogP contribution in [0.5, 0.6) is 5.75 Å². The predicted molar refractivity (Wildman–Crippen MR) is 107 cm³/mol. The minimum atomic E-state index is -0.444. The lowest BCUT2D eigenvalue weighted by Crippen LogP contribution is -2.06. The van der Waals surface area contributed by atoms with Crippen molar-refractivity contribution in [3.05, 3.63) is 83.6 Å². The number of carbonyl (C=O) groups is 2. The fourth-order valence-corrected chi connectivity index (χ4v) is 3.40. The highest BCUT2D eigenvalue weighted by Crippen LogP contribution is 2.27. The second-order valence-corrected chi connectivity index (χ2v) is 6.34. The van der Waals surface area contributed by atoms with Crippen LogP contribution >= 0.6 is 0 Å². The van der Waals surface area contributed by atoms with Crippen LogP contribution < -0.4 is 4.74 Å². The first-order valence-corrected chi connectivity index (χ1v) is 9.03. The van der Waals surface area contributed by atoms with E-state index in [0.717, 1.165) is 10.9 Å². The number of aromatic nitrogens is 1. The molecule has 0 amide bonds. The monoisotopic (exact) mass is 373 g/mol. The molecule has 28 heavy (non-hydrogen) atoms. The van der Waals surface area contributed by atoms with Crippen molar-refractivity contribution in [1.82, 2.24) is 4.40 Å². The summed E-state index contributed by atoms with van der Waals surface area (Å²) < 4.78 is 12.3. The Morgan fingerprint density at radius 1 is 0.929 bits per heavy atom. The topological polar surface area (TPSA) is 57.0 Å². The molecule has 0 saturated carbocycles. The molecule has 0 bridgehead atoms. The third-order valence-electron chi connectivity index (χ3n) is 4.70. The summed E-state index contributed by atoms with van der Waals surface area (Å²) in [4.78, 5) is 25.8. The lowest BCUT2D eigenvalue weighted by molar-refractivity contribution is 0.0529. The Morgan fingerprint density at radius 2 is 1.75 bits per heavy atom. The molecule has 4 rings (SSSR count). The maximum Gasteiger partial charge on any atom is 0.340 e. The van der Waals surface area contributed by atoms with E-state index in [1.54, 1.807) is 44.4 Å². The summed E-state index contributed by atoms with van der Waals surface area (Å²) in [5.41, 5.74) is 2.76. The molecule has 5 nitrogen and oxygen atoms in total. The van der Waals surface area contributed by atoms with Gasteiger partial charge in [0.1, 0.15) is 5.75 Å². The second kappa shape index (κ2) is 7.19. The van der Waals surface area contributed by atoms with E-state index >= 15 is 0 Å². The normalized spacial score (nSPS) is 10.9. The molecule has 0 fully saturated rings. The number of pyridine rings is 1. The Labute approximate surface area is 162 Å². The molecule has 0 atom stereocenters. The standard InChI is InChI=1S/C23H19NO4/c1-3-28-23(26)18-14-21(22(25)16-8-6-9-17(13-16)27-2)24-19-10-5-4-7-15(19)11-12-20(18)24/h4-14H,3H2,1-2H3. The zero-order valence-corrected chi connectivity index (χ0v) is 15.6. The van der Waals surface area contributed by atoms with Crippen LogP contribution in [-0.4, -0.2) is 29.9 Å². The molecule has 0 aliphatic heterocycles. The number of hydrogen-bond acceptors (Lipinski definition) is 4. The van der Waals surface area contributed by atoms with Crippen LogP contribution in [-0.2, 0) is 4.74 Å². The fraction of sp³-hybridized carbons (Fsp3) is 0.130. The molecule has 0 radical (unpaired) electrons. The van der Waals surface area contributed by atoms with Gasteiger partial charge < -0.3 is 13.9 Å². The first-order valence-electron chi connectivity index (χ1n) is 9.03. The third-order valence-corrected chi connectivity index (χ3v) is 4.70. The molecule has 0 N–H and O–H groups in total. The minimum Gasteiger partial charge on any atom is -0.497 e. The van der Waals surface area contributed by atoms with E-state index in [-0.39, 0.29) is 12.4 Å². The molecule has 4 aromatic rings. The summed E-state index contributed by atoms with van der Waals surface area (Å²) >= 11 is 0. The molecule has 0 aliphatic carbocycles. The number of hydrogen-bond donors (Lipinski definition) is 0.